The summed E-state index contributed by atoms with van der Waals surface area (Å²) in [6.07, 6.45) is 4.67. The van der Waals surface area contributed by atoms with Gasteiger partial charge in [-0.3, -0.25) is 4.79 Å². The smallest absolute Gasteiger partial charge is 0.241 e. The SMILES string of the molecule is Cc1cc(Br)ccc1S(=O)(=O)NC(C)(C)C(=O)NCC1CCCC1. The van der Waals surface area contributed by atoms with E-state index >= 15 is 0 Å². The second-order valence-corrected chi connectivity index (χ2v) is 9.57. The number of nitrogens with one attached hydrogen (secondary N) is 2. The first kappa shape index (κ1) is 19.4. The minimum absolute atomic E-state index is 0.183. The Morgan fingerprint density at radius 2 is 1.92 bits per heavy atom. The fourth-order valence-corrected chi connectivity index (χ4v) is 5.10. The minimum atomic E-state index is -3.78. The molecule has 1 fully saturated rings. The van der Waals surface area contributed by atoms with Crippen LogP contribution in [-0.2, 0) is 14.8 Å². The Balaban J connectivity index is 2.06. The predicted molar refractivity (Wildman–Crippen MR) is 98.2 cm³/mol. The molecule has 1 aliphatic rings. The van der Waals surface area contributed by atoms with Gasteiger partial charge in [0.05, 0.1) is 4.90 Å². The third-order valence-corrected chi connectivity index (χ3v) is 6.72. The molecule has 0 unspecified atom stereocenters. The monoisotopic (exact) mass is 416 g/mol. The molecular weight excluding hydrogens is 392 g/mol. The van der Waals surface area contributed by atoms with Gasteiger partial charge in [-0.2, -0.15) is 4.72 Å². The summed E-state index contributed by atoms with van der Waals surface area (Å²) in [6.45, 7) is 5.51. The van der Waals surface area contributed by atoms with Crippen molar-refractivity contribution in [2.45, 2.75) is 56.9 Å². The molecule has 1 aliphatic carbocycles. The van der Waals surface area contributed by atoms with Crippen LogP contribution in [0.2, 0.25) is 0 Å². The van der Waals surface area contributed by atoms with E-state index < -0.39 is 15.6 Å². The van der Waals surface area contributed by atoms with E-state index in [1.165, 1.54) is 18.9 Å². The van der Waals surface area contributed by atoms with Gasteiger partial charge in [-0.1, -0.05) is 28.8 Å². The standard InChI is InChI=1S/C17H25BrN2O3S/c1-12-10-14(18)8-9-15(12)24(22,23)20-17(2,3)16(21)19-11-13-6-4-5-7-13/h8-10,13,20H,4-7,11H2,1-3H3,(H,19,21). The molecule has 24 heavy (non-hydrogen) atoms. The molecule has 134 valence electrons. The van der Waals surface area contributed by atoms with Crippen molar-refractivity contribution in [3.05, 3.63) is 28.2 Å². The van der Waals surface area contributed by atoms with Gasteiger partial charge in [-0.15, -0.1) is 0 Å². The first-order valence-electron chi connectivity index (χ1n) is 8.20. The fourth-order valence-electron chi connectivity index (χ4n) is 3.02. The number of halogens is 1. The van der Waals surface area contributed by atoms with Crippen LogP contribution in [0.4, 0.5) is 0 Å². The lowest BCUT2D eigenvalue weighted by molar-refractivity contribution is -0.125. The number of carbonyl (C=O) groups is 1. The lowest BCUT2D eigenvalue weighted by atomic mass is 10.0. The van der Waals surface area contributed by atoms with Gasteiger partial charge in [0.1, 0.15) is 5.54 Å². The molecule has 0 radical (unpaired) electrons. The fraction of sp³-hybridized carbons (Fsp3) is 0.588. The molecular formula is C17H25BrN2O3S. The van der Waals surface area contributed by atoms with E-state index in [0.717, 1.165) is 17.3 Å². The molecule has 1 amide bonds. The Labute approximate surface area is 152 Å². The van der Waals surface area contributed by atoms with Crippen LogP contribution < -0.4 is 10.0 Å². The number of hydrogen-bond acceptors (Lipinski definition) is 3. The molecule has 0 saturated heterocycles. The first-order chi connectivity index (χ1) is 11.1. The van der Waals surface area contributed by atoms with Gasteiger partial charge in [0.2, 0.25) is 15.9 Å². The van der Waals surface area contributed by atoms with Crippen LogP contribution in [0.25, 0.3) is 0 Å². The lowest BCUT2D eigenvalue weighted by Gasteiger charge is -2.26. The molecule has 5 nitrogen and oxygen atoms in total. The van der Waals surface area contributed by atoms with Gasteiger partial charge in [-0.05, 0) is 63.3 Å². The number of hydrogen-bond donors (Lipinski definition) is 2. The van der Waals surface area contributed by atoms with Crippen LogP contribution in [0.15, 0.2) is 27.6 Å². The molecule has 2 N–H and O–H groups in total. The van der Waals surface area contributed by atoms with Gasteiger partial charge in [0.25, 0.3) is 0 Å². The van der Waals surface area contributed by atoms with E-state index in [1.54, 1.807) is 32.9 Å². The van der Waals surface area contributed by atoms with Crippen molar-refractivity contribution in [2.24, 2.45) is 5.92 Å². The molecule has 1 aromatic rings. The van der Waals surface area contributed by atoms with Crippen LogP contribution in [-0.4, -0.2) is 26.4 Å². The topological polar surface area (TPSA) is 75.3 Å². The van der Waals surface area contributed by atoms with Crippen LogP contribution in [0.3, 0.4) is 0 Å². The molecule has 0 spiro atoms. The van der Waals surface area contributed by atoms with Gasteiger partial charge >= 0.3 is 0 Å². The normalized spacial score (nSPS) is 16.3. The maximum atomic E-state index is 12.6. The highest BCUT2D eigenvalue weighted by atomic mass is 79.9. The summed E-state index contributed by atoms with van der Waals surface area (Å²) in [5.74, 6) is 0.211. The number of amides is 1. The Hall–Kier alpha value is -0.920. The Kier molecular flexibility index (Phi) is 6.09. The minimum Gasteiger partial charge on any atom is -0.354 e. The van der Waals surface area contributed by atoms with Crippen molar-refractivity contribution < 1.29 is 13.2 Å². The van der Waals surface area contributed by atoms with Crippen LogP contribution in [0, 0.1) is 12.8 Å². The second kappa shape index (κ2) is 7.54. The van der Waals surface area contributed by atoms with Crippen molar-refractivity contribution in [2.75, 3.05) is 6.54 Å². The van der Waals surface area contributed by atoms with Crippen LogP contribution in [0.1, 0.15) is 45.1 Å². The van der Waals surface area contributed by atoms with Gasteiger partial charge in [0.15, 0.2) is 0 Å². The Morgan fingerprint density at radius 3 is 2.50 bits per heavy atom. The van der Waals surface area contributed by atoms with Crippen LogP contribution >= 0.6 is 15.9 Å². The molecule has 0 atom stereocenters. The van der Waals surface area contributed by atoms with Crippen molar-refractivity contribution in [3.8, 4) is 0 Å². The van der Waals surface area contributed by atoms with Crippen LogP contribution in [0.5, 0.6) is 0 Å². The summed E-state index contributed by atoms with van der Waals surface area (Å²) in [4.78, 5) is 12.6. The molecule has 0 bridgehead atoms. The first-order valence-corrected chi connectivity index (χ1v) is 10.5. The summed E-state index contributed by atoms with van der Waals surface area (Å²) in [5, 5.41) is 2.89. The van der Waals surface area contributed by atoms with Gasteiger partial charge in [0, 0.05) is 11.0 Å². The third kappa shape index (κ3) is 4.80. The highest BCUT2D eigenvalue weighted by Crippen LogP contribution is 2.24. The molecule has 0 aromatic heterocycles. The highest BCUT2D eigenvalue weighted by molar-refractivity contribution is 9.10. The summed E-state index contributed by atoms with van der Waals surface area (Å²) >= 11 is 3.32. The van der Waals surface area contributed by atoms with Crippen molar-refractivity contribution >= 4 is 31.9 Å². The zero-order valence-electron chi connectivity index (χ0n) is 14.4. The van der Waals surface area contributed by atoms with E-state index in [-0.39, 0.29) is 10.8 Å². The summed E-state index contributed by atoms with van der Waals surface area (Å²) < 4.78 is 28.6. The number of sulfonamides is 1. The lowest BCUT2D eigenvalue weighted by Crippen LogP contribution is -2.55. The quantitative estimate of drug-likeness (QED) is 0.747. The van der Waals surface area contributed by atoms with Gasteiger partial charge in [-0.25, -0.2) is 8.42 Å². The largest absolute Gasteiger partial charge is 0.354 e. The molecule has 1 aromatic carbocycles. The zero-order chi connectivity index (χ0) is 18.0. The summed E-state index contributed by atoms with van der Waals surface area (Å²) in [5.41, 5.74) is -0.587. The molecule has 7 heteroatoms. The van der Waals surface area contributed by atoms with E-state index in [4.69, 9.17) is 0 Å². The molecule has 0 aliphatic heterocycles. The van der Waals surface area contributed by atoms with E-state index in [2.05, 4.69) is 26.0 Å². The molecule has 0 heterocycles. The van der Waals surface area contributed by atoms with Crippen molar-refractivity contribution in [1.82, 2.24) is 10.0 Å². The van der Waals surface area contributed by atoms with Crippen molar-refractivity contribution in [1.29, 1.82) is 0 Å². The Morgan fingerprint density at radius 1 is 1.29 bits per heavy atom. The third-order valence-electron chi connectivity index (χ3n) is 4.41. The zero-order valence-corrected chi connectivity index (χ0v) is 16.8. The summed E-state index contributed by atoms with van der Waals surface area (Å²) in [7, 11) is -3.78. The van der Waals surface area contributed by atoms with E-state index in [1.807, 2.05) is 0 Å². The highest BCUT2D eigenvalue weighted by Gasteiger charge is 2.34. The summed E-state index contributed by atoms with van der Waals surface area (Å²) in [6, 6.07) is 4.95. The average Bonchev–Trinajstić information content (AvgIpc) is 2.96. The maximum Gasteiger partial charge on any atom is 0.241 e. The molecule has 1 saturated carbocycles. The van der Waals surface area contributed by atoms with E-state index in [9.17, 15) is 13.2 Å². The van der Waals surface area contributed by atoms with Gasteiger partial charge < -0.3 is 5.32 Å². The number of aryl methyl sites for hydroxylation is 1. The molecule has 2 rings (SSSR count). The van der Waals surface area contributed by atoms with E-state index in [0.29, 0.717) is 18.0 Å². The average molecular weight is 417 g/mol. The second-order valence-electron chi connectivity index (χ2n) is 7.00. The maximum absolute atomic E-state index is 12.6. The predicted octanol–water partition coefficient (Wildman–Crippen LogP) is 3.12. The number of rotatable bonds is 6. The Bertz CT molecular complexity index is 711. The number of carbonyl (C=O) groups excluding carboxylic acids is 1. The van der Waals surface area contributed by atoms with Crippen molar-refractivity contribution in [3.63, 3.8) is 0 Å². The number of benzene rings is 1.